The number of hydrogen-bond acceptors (Lipinski definition) is 3. The number of ether oxygens (including phenoxy) is 1. The van der Waals surface area contributed by atoms with Crippen molar-refractivity contribution in [2.24, 2.45) is 10.9 Å². The van der Waals surface area contributed by atoms with Crippen molar-refractivity contribution in [3.8, 4) is 5.75 Å². The highest BCUT2D eigenvalue weighted by Crippen LogP contribution is 2.53. The molecule has 0 heterocycles. The third-order valence-electron chi connectivity index (χ3n) is 4.06. The zero-order valence-electron chi connectivity index (χ0n) is 11.5. The van der Waals surface area contributed by atoms with E-state index >= 15 is 0 Å². The molecule has 2 saturated carbocycles. The Morgan fingerprint density at radius 3 is 2.68 bits per heavy atom. The van der Waals surface area contributed by atoms with Crippen molar-refractivity contribution < 1.29 is 9.53 Å². The van der Waals surface area contributed by atoms with Crippen molar-refractivity contribution in [1.82, 2.24) is 0 Å². The van der Waals surface area contributed by atoms with E-state index in [9.17, 15) is 4.79 Å². The molecule has 2 aliphatic rings. The Kier molecular flexibility index (Phi) is 2.94. The number of aryl methyl sites for hydroxylation is 2. The first kappa shape index (κ1) is 12.4. The van der Waals surface area contributed by atoms with Crippen LogP contribution in [0.1, 0.15) is 42.4 Å². The molecule has 0 aliphatic heterocycles. The summed E-state index contributed by atoms with van der Waals surface area (Å²) in [5.74, 6) is 1.66. The van der Waals surface area contributed by atoms with E-state index in [4.69, 9.17) is 4.74 Å². The summed E-state index contributed by atoms with van der Waals surface area (Å²) >= 11 is 0. The van der Waals surface area contributed by atoms with Crippen LogP contribution in [0.25, 0.3) is 0 Å². The molecule has 2 fully saturated rings. The molecule has 2 aliphatic carbocycles. The summed E-state index contributed by atoms with van der Waals surface area (Å²) in [5.41, 5.74) is 3.06. The van der Waals surface area contributed by atoms with Crippen molar-refractivity contribution in [3.05, 3.63) is 28.8 Å². The van der Waals surface area contributed by atoms with Crippen LogP contribution in [0.5, 0.6) is 5.75 Å². The summed E-state index contributed by atoms with van der Waals surface area (Å²) in [4.78, 5) is 14.7. The van der Waals surface area contributed by atoms with Gasteiger partial charge in [-0.3, -0.25) is 0 Å². The lowest BCUT2D eigenvalue weighted by molar-refractivity contribution is 0.292. The first-order valence-corrected chi connectivity index (χ1v) is 6.98. The molecule has 19 heavy (non-hydrogen) atoms. The van der Waals surface area contributed by atoms with E-state index in [0.29, 0.717) is 0 Å². The van der Waals surface area contributed by atoms with Gasteiger partial charge in [0, 0.05) is 5.56 Å². The molecule has 0 N–H and O–H groups in total. The average Bonchev–Trinajstić information content (AvgIpc) is 3.23. The number of aliphatic imine (C=N–C) groups is 1. The summed E-state index contributed by atoms with van der Waals surface area (Å²) < 4.78 is 6.03. The Hall–Kier alpha value is -1.60. The number of nitrogens with zero attached hydrogens (tertiary/aromatic N) is 1. The van der Waals surface area contributed by atoms with Gasteiger partial charge in [0.05, 0.1) is 6.61 Å². The Morgan fingerprint density at radius 1 is 1.37 bits per heavy atom. The maximum Gasteiger partial charge on any atom is 0.235 e. The summed E-state index contributed by atoms with van der Waals surface area (Å²) in [5, 5.41) is 0. The molecule has 0 amide bonds. The van der Waals surface area contributed by atoms with Crippen LogP contribution in [-0.4, -0.2) is 12.7 Å². The maximum absolute atomic E-state index is 10.7. The fourth-order valence-corrected chi connectivity index (χ4v) is 2.62. The molecule has 0 bridgehead atoms. The molecule has 3 nitrogen and oxygen atoms in total. The maximum atomic E-state index is 10.7. The summed E-state index contributed by atoms with van der Waals surface area (Å²) in [6, 6.07) is 4.25. The Morgan fingerprint density at radius 2 is 2.11 bits per heavy atom. The van der Waals surface area contributed by atoms with Crippen LogP contribution in [0, 0.1) is 19.8 Å². The van der Waals surface area contributed by atoms with E-state index in [-0.39, 0.29) is 5.54 Å². The lowest BCUT2D eigenvalue weighted by atomic mass is 9.98. The van der Waals surface area contributed by atoms with Crippen LogP contribution < -0.4 is 4.74 Å². The normalized spacial score (nSPS) is 19.7. The zero-order valence-corrected chi connectivity index (χ0v) is 11.5. The number of carbonyl (C=O) groups excluding carboxylic acids is 1. The number of isocyanates is 1. The van der Waals surface area contributed by atoms with Crippen LogP contribution >= 0.6 is 0 Å². The van der Waals surface area contributed by atoms with Gasteiger partial charge in [0.15, 0.2) is 0 Å². The van der Waals surface area contributed by atoms with Gasteiger partial charge in [0.2, 0.25) is 6.08 Å². The number of benzene rings is 1. The standard InChI is InChI=1S/C16H19NO2/c1-11-7-12(2)15(19-9-13-3-4-13)14(8-11)16(5-6-16)17-10-18/h7-8,13H,3-6,9H2,1-2H3. The van der Waals surface area contributed by atoms with Gasteiger partial charge in [-0.05, 0) is 57.1 Å². The third-order valence-corrected chi connectivity index (χ3v) is 4.06. The fraction of sp³-hybridized carbons (Fsp3) is 0.562. The average molecular weight is 257 g/mol. The fourth-order valence-electron chi connectivity index (χ4n) is 2.62. The van der Waals surface area contributed by atoms with Crippen LogP contribution in [-0.2, 0) is 10.3 Å². The Balaban J connectivity index is 1.97. The van der Waals surface area contributed by atoms with Gasteiger partial charge in [-0.2, -0.15) is 4.99 Å². The van der Waals surface area contributed by atoms with Gasteiger partial charge in [0.25, 0.3) is 0 Å². The van der Waals surface area contributed by atoms with E-state index < -0.39 is 0 Å². The van der Waals surface area contributed by atoms with Crippen LogP contribution in [0.15, 0.2) is 17.1 Å². The minimum Gasteiger partial charge on any atom is -0.493 e. The van der Waals surface area contributed by atoms with Crippen molar-refractivity contribution >= 4 is 6.08 Å². The lowest BCUT2D eigenvalue weighted by Crippen LogP contribution is -2.10. The molecule has 3 rings (SSSR count). The Bertz CT molecular complexity index is 550. The van der Waals surface area contributed by atoms with Gasteiger partial charge in [-0.1, -0.05) is 11.6 Å². The second-order valence-electron chi connectivity index (χ2n) is 5.95. The molecule has 100 valence electrons. The quantitative estimate of drug-likeness (QED) is 0.599. The van der Waals surface area contributed by atoms with E-state index in [1.54, 1.807) is 6.08 Å². The Labute approximate surface area is 113 Å². The highest BCUT2D eigenvalue weighted by atomic mass is 16.5. The van der Waals surface area contributed by atoms with E-state index in [2.05, 4.69) is 31.0 Å². The molecule has 0 unspecified atom stereocenters. The molecule has 0 saturated heterocycles. The topological polar surface area (TPSA) is 38.7 Å². The minimum absolute atomic E-state index is 0.350. The van der Waals surface area contributed by atoms with Gasteiger partial charge < -0.3 is 4.74 Å². The van der Waals surface area contributed by atoms with Crippen molar-refractivity contribution in [2.75, 3.05) is 6.61 Å². The molecule has 3 heteroatoms. The lowest BCUT2D eigenvalue weighted by Gasteiger charge is -2.18. The molecule has 0 radical (unpaired) electrons. The SMILES string of the molecule is Cc1cc(C)c(OCC2CC2)c(C2(N=C=O)CC2)c1. The number of hydrogen-bond donors (Lipinski definition) is 0. The second kappa shape index (κ2) is 4.50. The van der Waals surface area contributed by atoms with Gasteiger partial charge in [-0.15, -0.1) is 0 Å². The summed E-state index contributed by atoms with van der Waals surface area (Å²) in [7, 11) is 0. The van der Waals surface area contributed by atoms with E-state index in [0.717, 1.165) is 42.2 Å². The van der Waals surface area contributed by atoms with E-state index in [1.165, 1.54) is 18.4 Å². The molecule has 0 spiro atoms. The van der Waals surface area contributed by atoms with Gasteiger partial charge >= 0.3 is 0 Å². The second-order valence-corrected chi connectivity index (χ2v) is 5.95. The highest BCUT2D eigenvalue weighted by Gasteiger charge is 2.47. The molecular weight excluding hydrogens is 238 g/mol. The van der Waals surface area contributed by atoms with Crippen molar-refractivity contribution in [3.63, 3.8) is 0 Å². The van der Waals surface area contributed by atoms with Crippen molar-refractivity contribution in [2.45, 2.75) is 45.1 Å². The van der Waals surface area contributed by atoms with Crippen LogP contribution in [0.3, 0.4) is 0 Å². The molecule has 1 aromatic carbocycles. The molecule has 0 aromatic heterocycles. The summed E-state index contributed by atoms with van der Waals surface area (Å²) in [6.45, 7) is 4.93. The van der Waals surface area contributed by atoms with Crippen LogP contribution in [0.4, 0.5) is 0 Å². The monoisotopic (exact) mass is 257 g/mol. The summed E-state index contributed by atoms with van der Waals surface area (Å²) in [6.07, 6.45) is 6.13. The predicted molar refractivity (Wildman–Crippen MR) is 73.2 cm³/mol. The van der Waals surface area contributed by atoms with Crippen molar-refractivity contribution in [1.29, 1.82) is 0 Å². The molecule has 1 aromatic rings. The van der Waals surface area contributed by atoms with Gasteiger partial charge in [0.1, 0.15) is 11.3 Å². The zero-order chi connectivity index (χ0) is 13.5. The van der Waals surface area contributed by atoms with Crippen LogP contribution in [0.2, 0.25) is 0 Å². The smallest absolute Gasteiger partial charge is 0.235 e. The minimum atomic E-state index is -0.350. The number of rotatable bonds is 5. The predicted octanol–water partition coefficient (Wildman–Crippen LogP) is 3.42. The third kappa shape index (κ3) is 2.43. The first-order valence-electron chi connectivity index (χ1n) is 6.98. The largest absolute Gasteiger partial charge is 0.493 e. The van der Waals surface area contributed by atoms with Gasteiger partial charge in [-0.25, -0.2) is 4.79 Å². The highest BCUT2D eigenvalue weighted by molar-refractivity contribution is 5.52. The van der Waals surface area contributed by atoms with E-state index in [1.807, 2.05) is 0 Å². The molecular formula is C16H19NO2. The molecule has 0 atom stereocenters. The first-order chi connectivity index (χ1) is 9.14.